The summed E-state index contributed by atoms with van der Waals surface area (Å²) in [5.41, 5.74) is 8.92. The summed E-state index contributed by atoms with van der Waals surface area (Å²) >= 11 is 0. The smallest absolute Gasteiger partial charge is 0.0480 e. The SMILES string of the molecule is Cn1cc(C(CN)C2CCCCC2)c2ccccc21. The fourth-order valence-corrected chi connectivity index (χ4v) is 3.78. The Balaban J connectivity index is 2.01. The number of fused-ring (bicyclic) bond motifs is 1. The zero-order chi connectivity index (χ0) is 13.2. The van der Waals surface area contributed by atoms with Crippen LogP contribution in [-0.2, 0) is 7.05 Å². The zero-order valence-corrected chi connectivity index (χ0v) is 11.8. The van der Waals surface area contributed by atoms with Crippen molar-refractivity contribution in [3.8, 4) is 0 Å². The van der Waals surface area contributed by atoms with Gasteiger partial charge in [-0.25, -0.2) is 0 Å². The summed E-state index contributed by atoms with van der Waals surface area (Å²) in [5, 5.41) is 1.39. The molecule has 1 fully saturated rings. The third-order valence-electron chi connectivity index (χ3n) is 4.80. The Kier molecular flexibility index (Phi) is 3.61. The standard InChI is InChI=1S/C17H24N2/c1-19-12-16(14-9-5-6-10-17(14)19)15(11-18)13-7-3-2-4-8-13/h5-6,9-10,12-13,15H,2-4,7-8,11,18H2,1H3. The number of para-hydroxylation sites is 1. The van der Waals surface area contributed by atoms with Gasteiger partial charge < -0.3 is 10.3 Å². The molecule has 2 nitrogen and oxygen atoms in total. The molecule has 0 bridgehead atoms. The van der Waals surface area contributed by atoms with Crippen LogP contribution in [-0.4, -0.2) is 11.1 Å². The molecule has 19 heavy (non-hydrogen) atoms. The van der Waals surface area contributed by atoms with Crippen LogP contribution in [0.4, 0.5) is 0 Å². The molecule has 1 aliphatic rings. The lowest BCUT2D eigenvalue weighted by Crippen LogP contribution is -2.23. The minimum atomic E-state index is 0.534. The van der Waals surface area contributed by atoms with Gasteiger partial charge in [-0.15, -0.1) is 0 Å². The molecule has 1 heterocycles. The quantitative estimate of drug-likeness (QED) is 0.889. The highest BCUT2D eigenvalue weighted by atomic mass is 14.9. The van der Waals surface area contributed by atoms with E-state index in [1.165, 1.54) is 48.6 Å². The average Bonchev–Trinajstić information content (AvgIpc) is 2.79. The maximum absolute atomic E-state index is 6.13. The van der Waals surface area contributed by atoms with Crippen LogP contribution in [0, 0.1) is 5.92 Å². The Morgan fingerprint density at radius 3 is 2.68 bits per heavy atom. The number of benzene rings is 1. The van der Waals surface area contributed by atoms with Crippen molar-refractivity contribution < 1.29 is 0 Å². The second-order valence-corrected chi connectivity index (χ2v) is 5.95. The van der Waals surface area contributed by atoms with Crippen molar-refractivity contribution in [1.29, 1.82) is 0 Å². The zero-order valence-electron chi connectivity index (χ0n) is 11.8. The second kappa shape index (κ2) is 5.38. The average molecular weight is 256 g/mol. The molecule has 0 aliphatic heterocycles. The van der Waals surface area contributed by atoms with Crippen molar-refractivity contribution in [2.24, 2.45) is 18.7 Å². The van der Waals surface area contributed by atoms with E-state index in [2.05, 4.69) is 42.1 Å². The van der Waals surface area contributed by atoms with Gasteiger partial charge in [0, 0.05) is 30.1 Å². The van der Waals surface area contributed by atoms with E-state index in [0.29, 0.717) is 5.92 Å². The van der Waals surface area contributed by atoms with Crippen LogP contribution >= 0.6 is 0 Å². The van der Waals surface area contributed by atoms with Gasteiger partial charge in [-0.3, -0.25) is 0 Å². The van der Waals surface area contributed by atoms with Gasteiger partial charge in [0.25, 0.3) is 0 Å². The van der Waals surface area contributed by atoms with Crippen LogP contribution in [0.3, 0.4) is 0 Å². The minimum absolute atomic E-state index is 0.534. The van der Waals surface area contributed by atoms with E-state index in [-0.39, 0.29) is 0 Å². The third-order valence-corrected chi connectivity index (χ3v) is 4.80. The highest BCUT2D eigenvalue weighted by Crippen LogP contribution is 2.38. The highest BCUT2D eigenvalue weighted by molar-refractivity contribution is 5.84. The monoisotopic (exact) mass is 256 g/mol. The second-order valence-electron chi connectivity index (χ2n) is 5.95. The third kappa shape index (κ3) is 2.30. The minimum Gasteiger partial charge on any atom is -0.350 e. The van der Waals surface area contributed by atoms with E-state index < -0.39 is 0 Å². The Bertz CT molecular complexity index is 549. The summed E-state index contributed by atoms with van der Waals surface area (Å²) in [6.45, 7) is 0.776. The molecule has 2 aromatic rings. The van der Waals surface area contributed by atoms with Gasteiger partial charge in [-0.05, 0) is 36.9 Å². The molecule has 1 unspecified atom stereocenters. The molecule has 1 aromatic heterocycles. The first-order chi connectivity index (χ1) is 9.31. The van der Waals surface area contributed by atoms with Crippen LogP contribution in [0.2, 0.25) is 0 Å². The molecule has 3 rings (SSSR count). The number of aromatic nitrogens is 1. The first-order valence-electron chi connectivity index (χ1n) is 7.55. The van der Waals surface area contributed by atoms with E-state index in [4.69, 9.17) is 5.73 Å². The summed E-state index contributed by atoms with van der Waals surface area (Å²) in [6.07, 6.45) is 9.17. The van der Waals surface area contributed by atoms with E-state index in [0.717, 1.165) is 12.5 Å². The summed E-state index contributed by atoms with van der Waals surface area (Å²) < 4.78 is 2.25. The molecule has 1 aliphatic carbocycles. The molecule has 2 N–H and O–H groups in total. The van der Waals surface area contributed by atoms with Crippen molar-refractivity contribution in [1.82, 2.24) is 4.57 Å². The maximum Gasteiger partial charge on any atom is 0.0480 e. The molecule has 0 amide bonds. The van der Waals surface area contributed by atoms with Gasteiger partial charge in [0.15, 0.2) is 0 Å². The summed E-state index contributed by atoms with van der Waals surface area (Å²) in [4.78, 5) is 0. The first-order valence-corrected chi connectivity index (χ1v) is 7.55. The lowest BCUT2D eigenvalue weighted by atomic mass is 9.77. The highest BCUT2D eigenvalue weighted by Gasteiger charge is 2.26. The van der Waals surface area contributed by atoms with Gasteiger partial charge in [0.2, 0.25) is 0 Å². The van der Waals surface area contributed by atoms with E-state index in [1.807, 2.05) is 0 Å². The maximum atomic E-state index is 6.13. The summed E-state index contributed by atoms with van der Waals surface area (Å²) in [7, 11) is 2.14. The fourth-order valence-electron chi connectivity index (χ4n) is 3.78. The van der Waals surface area contributed by atoms with Crippen molar-refractivity contribution in [2.75, 3.05) is 6.54 Å². The Hall–Kier alpha value is -1.28. The molecule has 0 spiro atoms. The van der Waals surface area contributed by atoms with E-state index >= 15 is 0 Å². The van der Waals surface area contributed by atoms with Crippen LogP contribution in [0.1, 0.15) is 43.6 Å². The molecular formula is C17H24N2. The molecule has 1 aromatic carbocycles. The van der Waals surface area contributed by atoms with Crippen molar-refractivity contribution in [2.45, 2.75) is 38.0 Å². The molecular weight excluding hydrogens is 232 g/mol. The van der Waals surface area contributed by atoms with Gasteiger partial charge in [-0.1, -0.05) is 37.5 Å². The Morgan fingerprint density at radius 1 is 1.21 bits per heavy atom. The predicted octanol–water partition coefficient (Wildman–Crippen LogP) is 3.80. The van der Waals surface area contributed by atoms with E-state index in [1.54, 1.807) is 0 Å². The first kappa shape index (κ1) is 12.7. The topological polar surface area (TPSA) is 30.9 Å². The molecule has 0 saturated heterocycles. The normalized spacial score (nSPS) is 18.8. The Labute approximate surface area is 115 Å². The van der Waals surface area contributed by atoms with Crippen molar-refractivity contribution in [3.05, 3.63) is 36.0 Å². The number of nitrogens with two attached hydrogens (primary N) is 1. The predicted molar refractivity (Wildman–Crippen MR) is 81.3 cm³/mol. The van der Waals surface area contributed by atoms with Gasteiger partial charge >= 0.3 is 0 Å². The van der Waals surface area contributed by atoms with Gasteiger partial charge in [0.05, 0.1) is 0 Å². The Morgan fingerprint density at radius 2 is 1.95 bits per heavy atom. The van der Waals surface area contributed by atoms with E-state index in [9.17, 15) is 0 Å². The number of rotatable bonds is 3. The van der Waals surface area contributed by atoms with Crippen LogP contribution < -0.4 is 5.73 Å². The van der Waals surface area contributed by atoms with Crippen LogP contribution in [0.25, 0.3) is 10.9 Å². The molecule has 0 radical (unpaired) electrons. The molecule has 2 heteroatoms. The van der Waals surface area contributed by atoms with Crippen molar-refractivity contribution in [3.63, 3.8) is 0 Å². The number of hydrogen-bond acceptors (Lipinski definition) is 1. The number of hydrogen-bond donors (Lipinski definition) is 1. The molecule has 102 valence electrons. The van der Waals surface area contributed by atoms with Crippen LogP contribution in [0.15, 0.2) is 30.5 Å². The van der Waals surface area contributed by atoms with Gasteiger partial charge in [-0.2, -0.15) is 0 Å². The largest absolute Gasteiger partial charge is 0.350 e. The molecule has 1 atom stereocenters. The molecule has 1 saturated carbocycles. The lowest BCUT2D eigenvalue weighted by Gasteiger charge is -2.29. The van der Waals surface area contributed by atoms with Gasteiger partial charge in [0.1, 0.15) is 0 Å². The summed E-state index contributed by atoms with van der Waals surface area (Å²) in [5.74, 6) is 1.32. The van der Waals surface area contributed by atoms with Crippen molar-refractivity contribution >= 4 is 10.9 Å². The lowest BCUT2D eigenvalue weighted by molar-refractivity contribution is 0.308. The summed E-state index contributed by atoms with van der Waals surface area (Å²) in [6, 6.07) is 8.70. The number of aryl methyl sites for hydroxylation is 1. The fraction of sp³-hybridized carbons (Fsp3) is 0.529. The van der Waals surface area contributed by atoms with Crippen LogP contribution in [0.5, 0.6) is 0 Å². The number of nitrogens with zero attached hydrogens (tertiary/aromatic N) is 1.